The summed E-state index contributed by atoms with van der Waals surface area (Å²) in [7, 11) is 3.65. The van der Waals surface area contributed by atoms with Crippen LogP contribution in [-0.2, 0) is 9.59 Å². The molecular formula is C27H37NO4. The van der Waals surface area contributed by atoms with Gasteiger partial charge in [-0.1, -0.05) is 13.8 Å². The van der Waals surface area contributed by atoms with Crippen LogP contribution >= 0.6 is 0 Å². The van der Waals surface area contributed by atoms with Crippen molar-refractivity contribution in [2.24, 2.45) is 34.5 Å². The molecule has 0 bridgehead atoms. The molecule has 1 aromatic carbocycles. The maximum Gasteiger partial charge on any atom is 0.314 e. The lowest BCUT2D eigenvalue weighted by Crippen LogP contribution is -2.61. The van der Waals surface area contributed by atoms with Crippen molar-refractivity contribution in [1.29, 1.82) is 0 Å². The Bertz CT molecular complexity index is 897. The molecule has 4 fully saturated rings. The fourth-order valence-electron chi connectivity index (χ4n) is 8.37. The van der Waals surface area contributed by atoms with Gasteiger partial charge >= 0.3 is 5.97 Å². The van der Waals surface area contributed by atoms with Gasteiger partial charge in [-0.2, -0.15) is 0 Å². The first kappa shape index (κ1) is 21.8. The van der Waals surface area contributed by atoms with Crippen LogP contribution in [-0.4, -0.2) is 37.0 Å². The number of benzene rings is 1. The zero-order valence-corrected chi connectivity index (χ0v) is 19.9. The molecule has 3 aliphatic carbocycles. The summed E-state index contributed by atoms with van der Waals surface area (Å²) in [6.45, 7) is 4.80. The highest BCUT2D eigenvalue weighted by atomic mass is 16.5. The van der Waals surface area contributed by atoms with Gasteiger partial charge in [0.15, 0.2) is 0 Å². The first-order valence-corrected chi connectivity index (χ1v) is 12.4. The summed E-state index contributed by atoms with van der Waals surface area (Å²) < 4.78 is 11.0. The Labute approximate surface area is 191 Å². The van der Waals surface area contributed by atoms with E-state index in [0.29, 0.717) is 41.9 Å². The number of rotatable bonds is 3. The van der Waals surface area contributed by atoms with Crippen LogP contribution in [0.1, 0.15) is 65.2 Å². The van der Waals surface area contributed by atoms with Crippen molar-refractivity contribution >= 4 is 11.9 Å². The van der Waals surface area contributed by atoms with Crippen LogP contribution < -0.4 is 9.47 Å². The van der Waals surface area contributed by atoms with Gasteiger partial charge in [-0.25, -0.2) is 0 Å². The Morgan fingerprint density at radius 3 is 2.34 bits per heavy atom. The molecule has 0 aromatic heterocycles. The summed E-state index contributed by atoms with van der Waals surface area (Å²) in [6, 6.07) is 7.67. The summed E-state index contributed by atoms with van der Waals surface area (Å²) in [5.41, 5.74) is 0.235. The maximum atomic E-state index is 13.3. The van der Waals surface area contributed by atoms with Crippen LogP contribution in [0.3, 0.4) is 0 Å². The second-order valence-electron chi connectivity index (χ2n) is 11.3. The fraction of sp³-hybridized carbons (Fsp3) is 0.704. The number of ether oxygens (including phenoxy) is 2. The molecule has 0 radical (unpaired) electrons. The van der Waals surface area contributed by atoms with Crippen LogP contribution in [0, 0.1) is 34.5 Å². The Kier molecular flexibility index (Phi) is 5.29. The van der Waals surface area contributed by atoms with E-state index in [1.54, 1.807) is 7.11 Å². The van der Waals surface area contributed by atoms with Gasteiger partial charge in [0, 0.05) is 19.5 Å². The number of carbonyl (C=O) groups excluding carboxylic acids is 2. The topological polar surface area (TPSA) is 55.8 Å². The largest absolute Gasteiger partial charge is 0.497 e. The van der Waals surface area contributed by atoms with E-state index >= 15 is 0 Å². The summed E-state index contributed by atoms with van der Waals surface area (Å²) in [5, 5.41) is 0. The highest BCUT2D eigenvalue weighted by Crippen LogP contribution is 2.66. The molecule has 5 heteroatoms. The predicted octanol–water partition coefficient (Wildman–Crippen LogP) is 5.08. The number of piperidine rings is 1. The Balaban J connectivity index is 1.33. The van der Waals surface area contributed by atoms with Crippen molar-refractivity contribution in [3.8, 4) is 11.5 Å². The van der Waals surface area contributed by atoms with Gasteiger partial charge in [0.1, 0.15) is 11.5 Å². The number of amides is 1. The molecule has 0 N–H and O–H groups in total. The number of carbonyl (C=O) groups is 2. The third-order valence-corrected chi connectivity index (χ3v) is 10.1. The zero-order chi connectivity index (χ0) is 22.7. The van der Waals surface area contributed by atoms with Crippen molar-refractivity contribution in [3.63, 3.8) is 0 Å². The molecule has 5 rings (SSSR count). The molecule has 1 aliphatic heterocycles. The minimum atomic E-state index is -0.0680. The van der Waals surface area contributed by atoms with Gasteiger partial charge in [-0.05, 0) is 97.8 Å². The van der Waals surface area contributed by atoms with Crippen LogP contribution in [0.5, 0.6) is 11.5 Å². The molecule has 1 heterocycles. The van der Waals surface area contributed by atoms with Gasteiger partial charge in [-0.3, -0.25) is 9.59 Å². The van der Waals surface area contributed by atoms with Crippen molar-refractivity contribution < 1.29 is 19.1 Å². The number of esters is 1. The Hall–Kier alpha value is -2.04. The SMILES string of the molecule is COc1ccc(OC(=O)[C@H]2CC[C@H]3[C@@H]4CC[C@H]5N(C)C(=O)CC[C@]5(C)[C@H]4CC[C@]23C)cc1. The number of hydrogen-bond donors (Lipinski definition) is 0. The van der Waals surface area contributed by atoms with Gasteiger partial charge in [0.2, 0.25) is 5.91 Å². The van der Waals surface area contributed by atoms with Crippen LogP contribution in [0.25, 0.3) is 0 Å². The van der Waals surface area contributed by atoms with Crippen LogP contribution in [0.4, 0.5) is 0 Å². The third-order valence-electron chi connectivity index (χ3n) is 10.1. The van der Waals surface area contributed by atoms with Gasteiger partial charge in [0.25, 0.3) is 0 Å². The average Bonchev–Trinajstić information content (AvgIpc) is 3.14. The second-order valence-corrected chi connectivity index (χ2v) is 11.3. The van der Waals surface area contributed by atoms with E-state index < -0.39 is 0 Å². The van der Waals surface area contributed by atoms with Gasteiger partial charge < -0.3 is 14.4 Å². The molecule has 1 saturated heterocycles. The fourth-order valence-corrected chi connectivity index (χ4v) is 8.37. The lowest BCUT2D eigenvalue weighted by atomic mass is 9.47. The van der Waals surface area contributed by atoms with Crippen molar-refractivity contribution in [1.82, 2.24) is 4.90 Å². The van der Waals surface area contributed by atoms with Crippen molar-refractivity contribution in [3.05, 3.63) is 24.3 Å². The molecule has 1 aromatic rings. The highest BCUT2D eigenvalue weighted by molar-refractivity contribution is 5.78. The summed E-state index contributed by atoms with van der Waals surface area (Å²) in [4.78, 5) is 27.7. The Morgan fingerprint density at radius 2 is 1.62 bits per heavy atom. The number of likely N-dealkylation sites (tertiary alicyclic amines) is 1. The normalized spacial score (nSPS) is 40.8. The minimum absolute atomic E-state index is 0.0182. The summed E-state index contributed by atoms with van der Waals surface area (Å²) in [6.07, 6.45) is 8.30. The maximum absolute atomic E-state index is 13.3. The number of hydrogen-bond acceptors (Lipinski definition) is 4. The molecule has 0 spiro atoms. The van der Waals surface area contributed by atoms with Gasteiger partial charge in [0.05, 0.1) is 13.0 Å². The molecule has 7 atom stereocenters. The molecule has 5 nitrogen and oxygen atoms in total. The lowest BCUT2D eigenvalue weighted by molar-refractivity contribution is -0.162. The molecule has 4 aliphatic rings. The first-order chi connectivity index (χ1) is 15.3. The molecular weight excluding hydrogens is 402 g/mol. The lowest BCUT2D eigenvalue weighted by Gasteiger charge is -2.61. The third kappa shape index (κ3) is 3.18. The van der Waals surface area contributed by atoms with E-state index in [-0.39, 0.29) is 22.7 Å². The molecule has 3 saturated carbocycles. The van der Waals surface area contributed by atoms with Crippen molar-refractivity contribution in [2.45, 2.75) is 71.3 Å². The molecule has 32 heavy (non-hydrogen) atoms. The number of methoxy groups -OCH3 is 1. The minimum Gasteiger partial charge on any atom is -0.497 e. The standard InChI is InChI=1S/C27H37NO4/c1-26-15-13-21-19(9-12-23-27(21,2)16-14-24(29)28(23)3)20(26)10-11-22(26)25(30)32-18-7-5-17(31-4)6-8-18/h5-8,19-23H,9-16H2,1-4H3/t19-,20-,21-,22+,23+,26-,27+/m0/s1. The second kappa shape index (κ2) is 7.78. The van der Waals surface area contributed by atoms with E-state index in [1.165, 1.54) is 12.8 Å². The predicted molar refractivity (Wildman–Crippen MR) is 122 cm³/mol. The van der Waals surface area contributed by atoms with Crippen molar-refractivity contribution in [2.75, 3.05) is 14.2 Å². The summed E-state index contributed by atoms with van der Waals surface area (Å²) in [5.74, 6) is 3.47. The molecule has 0 unspecified atom stereocenters. The van der Waals surface area contributed by atoms with E-state index in [0.717, 1.165) is 37.9 Å². The number of fused-ring (bicyclic) bond motifs is 5. The van der Waals surface area contributed by atoms with E-state index in [4.69, 9.17) is 9.47 Å². The Morgan fingerprint density at radius 1 is 0.938 bits per heavy atom. The number of nitrogens with zero attached hydrogens (tertiary/aromatic N) is 1. The van der Waals surface area contributed by atoms with E-state index in [1.807, 2.05) is 31.3 Å². The van der Waals surface area contributed by atoms with Gasteiger partial charge in [-0.15, -0.1) is 0 Å². The van der Waals surface area contributed by atoms with Crippen LogP contribution in [0.2, 0.25) is 0 Å². The highest BCUT2D eigenvalue weighted by Gasteiger charge is 2.62. The first-order valence-electron chi connectivity index (χ1n) is 12.4. The quantitative estimate of drug-likeness (QED) is 0.487. The molecule has 174 valence electrons. The zero-order valence-electron chi connectivity index (χ0n) is 19.9. The summed E-state index contributed by atoms with van der Waals surface area (Å²) >= 11 is 0. The smallest absolute Gasteiger partial charge is 0.314 e. The van der Waals surface area contributed by atoms with E-state index in [9.17, 15) is 9.59 Å². The monoisotopic (exact) mass is 439 g/mol. The van der Waals surface area contributed by atoms with E-state index in [2.05, 4.69) is 18.7 Å². The van der Waals surface area contributed by atoms with Crippen LogP contribution in [0.15, 0.2) is 24.3 Å². The molecule has 1 amide bonds. The average molecular weight is 440 g/mol.